The van der Waals surface area contributed by atoms with Gasteiger partial charge >= 0.3 is 5.97 Å². The maximum absolute atomic E-state index is 14.5. The van der Waals surface area contributed by atoms with Gasteiger partial charge in [-0.15, -0.1) is 0 Å². The lowest BCUT2D eigenvalue weighted by Gasteiger charge is -2.16. The van der Waals surface area contributed by atoms with E-state index in [9.17, 15) is 14.3 Å². The van der Waals surface area contributed by atoms with Crippen molar-refractivity contribution in [3.05, 3.63) is 88.4 Å². The van der Waals surface area contributed by atoms with Crippen LogP contribution in [0.1, 0.15) is 32.7 Å². The van der Waals surface area contributed by atoms with Crippen molar-refractivity contribution in [2.75, 3.05) is 27.9 Å². The summed E-state index contributed by atoms with van der Waals surface area (Å²) in [6, 6.07) is 16.0. The first-order valence-corrected chi connectivity index (χ1v) is 12.0. The summed E-state index contributed by atoms with van der Waals surface area (Å²) in [5.41, 5.74) is 3.95. The summed E-state index contributed by atoms with van der Waals surface area (Å²) in [5, 5.41) is 14.4. The van der Waals surface area contributed by atoms with Gasteiger partial charge in [0.2, 0.25) is 5.75 Å². The summed E-state index contributed by atoms with van der Waals surface area (Å²) in [4.78, 5) is 12.5. The van der Waals surface area contributed by atoms with Crippen LogP contribution in [-0.4, -0.2) is 43.5 Å². The van der Waals surface area contributed by atoms with Crippen molar-refractivity contribution in [2.45, 2.75) is 26.4 Å². The van der Waals surface area contributed by atoms with Crippen molar-refractivity contribution in [1.82, 2.24) is 9.88 Å². The molecule has 0 amide bonds. The second-order valence-corrected chi connectivity index (χ2v) is 8.75. The van der Waals surface area contributed by atoms with E-state index >= 15 is 0 Å². The van der Waals surface area contributed by atoms with Gasteiger partial charge in [-0.05, 0) is 49.2 Å². The van der Waals surface area contributed by atoms with E-state index in [2.05, 4.69) is 5.32 Å². The second kappa shape index (κ2) is 11.3. The van der Waals surface area contributed by atoms with E-state index in [0.717, 1.165) is 22.0 Å². The lowest BCUT2D eigenvalue weighted by molar-refractivity contribution is 0.0684. The third kappa shape index (κ3) is 5.24. The number of carboxylic acid groups (broad SMARTS) is 1. The molecule has 1 heterocycles. The quantitative estimate of drug-likeness (QED) is 0.273. The Morgan fingerprint density at radius 3 is 2.41 bits per heavy atom. The third-order valence-corrected chi connectivity index (χ3v) is 6.47. The Hall–Kier alpha value is -4.04. The average molecular weight is 507 g/mol. The van der Waals surface area contributed by atoms with Crippen molar-refractivity contribution in [3.8, 4) is 17.2 Å². The van der Waals surface area contributed by atoms with Crippen molar-refractivity contribution < 1.29 is 28.5 Å². The number of nitrogens with one attached hydrogen (secondary N) is 1. The highest BCUT2D eigenvalue weighted by molar-refractivity contribution is 5.98. The van der Waals surface area contributed by atoms with Crippen LogP contribution in [0.4, 0.5) is 4.39 Å². The van der Waals surface area contributed by atoms with Gasteiger partial charge in [-0.1, -0.05) is 36.4 Å². The summed E-state index contributed by atoms with van der Waals surface area (Å²) in [7, 11) is 4.72. The third-order valence-electron chi connectivity index (χ3n) is 6.47. The molecule has 0 bridgehead atoms. The number of hydrogen-bond donors (Lipinski definition) is 2. The van der Waals surface area contributed by atoms with Crippen LogP contribution < -0.4 is 19.5 Å². The van der Waals surface area contributed by atoms with E-state index in [-0.39, 0.29) is 18.1 Å². The van der Waals surface area contributed by atoms with Crippen LogP contribution in [0.5, 0.6) is 17.2 Å². The first kappa shape index (κ1) is 26.0. The molecule has 37 heavy (non-hydrogen) atoms. The number of benzene rings is 3. The lowest BCUT2D eigenvalue weighted by Crippen LogP contribution is -2.20. The molecule has 0 saturated heterocycles. The van der Waals surface area contributed by atoms with Gasteiger partial charge in [-0.25, -0.2) is 9.18 Å². The second-order valence-electron chi connectivity index (χ2n) is 8.75. The molecule has 8 heteroatoms. The van der Waals surface area contributed by atoms with Gasteiger partial charge in [-0.2, -0.15) is 0 Å². The standard InChI is InChI=1S/C29H31FN2O5/c1-18-9-11-21-22(16-31-14-13-19-10-12-25(35-2)28(37-4)27(19)36-3)26(29(33)34)32(24(21)15-18)17-20-7-5-6-8-23(20)30/h5-12,15,31H,13-14,16-17H2,1-4H3,(H,33,34). The smallest absolute Gasteiger partial charge is 0.352 e. The molecule has 4 rings (SSSR count). The largest absolute Gasteiger partial charge is 0.493 e. The van der Waals surface area contributed by atoms with E-state index < -0.39 is 5.97 Å². The van der Waals surface area contributed by atoms with Crippen molar-refractivity contribution in [3.63, 3.8) is 0 Å². The van der Waals surface area contributed by atoms with E-state index in [1.807, 2.05) is 37.3 Å². The van der Waals surface area contributed by atoms with Crippen LogP contribution in [0.15, 0.2) is 54.6 Å². The van der Waals surface area contributed by atoms with Gasteiger partial charge in [0, 0.05) is 28.6 Å². The zero-order valence-corrected chi connectivity index (χ0v) is 21.4. The summed E-state index contributed by atoms with van der Waals surface area (Å²) >= 11 is 0. The molecular weight excluding hydrogens is 475 g/mol. The molecule has 0 atom stereocenters. The molecule has 1 aromatic heterocycles. The normalized spacial score (nSPS) is 11.1. The molecule has 3 aromatic carbocycles. The van der Waals surface area contributed by atoms with Crippen LogP contribution in [0.3, 0.4) is 0 Å². The van der Waals surface area contributed by atoms with Crippen LogP contribution in [0.2, 0.25) is 0 Å². The highest BCUT2D eigenvalue weighted by Crippen LogP contribution is 2.39. The molecule has 0 spiro atoms. The molecule has 194 valence electrons. The first-order chi connectivity index (χ1) is 17.9. The monoisotopic (exact) mass is 506 g/mol. The predicted octanol–water partition coefficient (Wildman–Crippen LogP) is 5.19. The maximum Gasteiger partial charge on any atom is 0.352 e. The Balaban J connectivity index is 1.62. The number of aromatic carboxylic acids is 1. The molecule has 0 saturated carbocycles. The highest BCUT2D eigenvalue weighted by atomic mass is 19.1. The molecule has 0 radical (unpaired) electrons. The van der Waals surface area contributed by atoms with E-state index in [0.29, 0.717) is 47.9 Å². The molecule has 4 aromatic rings. The zero-order chi connectivity index (χ0) is 26.5. The Bertz CT molecular complexity index is 1430. The number of ether oxygens (including phenoxy) is 3. The minimum Gasteiger partial charge on any atom is -0.493 e. The van der Waals surface area contributed by atoms with Crippen molar-refractivity contribution >= 4 is 16.9 Å². The van der Waals surface area contributed by atoms with Crippen molar-refractivity contribution in [1.29, 1.82) is 0 Å². The summed E-state index contributed by atoms with van der Waals surface area (Å²) in [6.45, 7) is 2.98. The Morgan fingerprint density at radius 1 is 0.973 bits per heavy atom. The van der Waals surface area contributed by atoms with Gasteiger partial charge in [-0.3, -0.25) is 0 Å². The highest BCUT2D eigenvalue weighted by Gasteiger charge is 2.23. The van der Waals surface area contributed by atoms with Crippen LogP contribution >= 0.6 is 0 Å². The van der Waals surface area contributed by atoms with Gasteiger partial charge in [0.15, 0.2) is 11.5 Å². The zero-order valence-electron chi connectivity index (χ0n) is 21.4. The van der Waals surface area contributed by atoms with Crippen LogP contribution in [0.25, 0.3) is 10.9 Å². The molecule has 7 nitrogen and oxygen atoms in total. The molecule has 0 aliphatic carbocycles. The molecular formula is C29H31FN2O5. The number of nitrogens with zero attached hydrogens (tertiary/aromatic N) is 1. The SMILES string of the molecule is COc1ccc(CCNCc2c(C(=O)O)n(Cc3ccccc3F)c3cc(C)ccc23)c(OC)c1OC. The molecule has 0 unspecified atom stereocenters. The average Bonchev–Trinajstić information content (AvgIpc) is 3.19. The van der Waals surface area contributed by atoms with Crippen molar-refractivity contribution in [2.24, 2.45) is 0 Å². The lowest BCUT2D eigenvalue weighted by atomic mass is 10.1. The fourth-order valence-electron chi connectivity index (χ4n) is 4.71. The Kier molecular flexibility index (Phi) is 7.98. The number of fused-ring (bicyclic) bond motifs is 1. The number of hydrogen-bond acceptors (Lipinski definition) is 5. The summed E-state index contributed by atoms with van der Waals surface area (Å²) < 4.78 is 32.6. The Morgan fingerprint density at radius 2 is 1.73 bits per heavy atom. The number of carboxylic acids is 1. The fourth-order valence-corrected chi connectivity index (χ4v) is 4.71. The van der Waals surface area contributed by atoms with Gasteiger partial charge in [0.05, 0.1) is 27.9 Å². The predicted molar refractivity (Wildman–Crippen MR) is 141 cm³/mol. The molecule has 0 aliphatic heterocycles. The molecule has 0 aliphatic rings. The number of rotatable bonds is 11. The van der Waals surface area contributed by atoms with Gasteiger partial charge in [0.25, 0.3) is 0 Å². The molecule has 2 N–H and O–H groups in total. The van der Waals surface area contributed by atoms with Gasteiger partial charge in [0.1, 0.15) is 11.5 Å². The van der Waals surface area contributed by atoms with E-state index in [4.69, 9.17) is 14.2 Å². The number of methoxy groups -OCH3 is 3. The fraction of sp³-hybridized carbons (Fsp3) is 0.276. The van der Waals surface area contributed by atoms with E-state index in [1.165, 1.54) is 6.07 Å². The minimum atomic E-state index is -1.05. The van der Waals surface area contributed by atoms with Crippen LogP contribution in [0, 0.1) is 12.7 Å². The number of carbonyl (C=O) groups is 1. The number of aryl methyl sites for hydroxylation is 1. The topological polar surface area (TPSA) is 82.0 Å². The number of aromatic nitrogens is 1. The maximum atomic E-state index is 14.5. The Labute approximate surface area is 215 Å². The summed E-state index contributed by atoms with van der Waals surface area (Å²) in [5.74, 6) is 0.301. The van der Waals surface area contributed by atoms with Crippen LogP contribution in [-0.2, 0) is 19.5 Å². The minimum absolute atomic E-state index is 0.122. The van der Waals surface area contributed by atoms with E-state index in [1.54, 1.807) is 44.1 Å². The summed E-state index contributed by atoms with van der Waals surface area (Å²) in [6.07, 6.45) is 0.624. The van der Waals surface area contributed by atoms with Gasteiger partial charge < -0.3 is 29.2 Å². The number of halogens is 1. The first-order valence-electron chi connectivity index (χ1n) is 12.0. The molecule has 0 fully saturated rings.